The summed E-state index contributed by atoms with van der Waals surface area (Å²) >= 11 is 12.2. The van der Waals surface area contributed by atoms with Crippen LogP contribution in [-0.4, -0.2) is 35.1 Å². The van der Waals surface area contributed by atoms with Gasteiger partial charge in [0.25, 0.3) is 0 Å². The van der Waals surface area contributed by atoms with Gasteiger partial charge >= 0.3 is 0 Å². The number of imidazole rings is 1. The molecule has 1 aromatic heterocycles. The summed E-state index contributed by atoms with van der Waals surface area (Å²) in [5, 5.41) is 1.03. The molecule has 1 atom stereocenters. The summed E-state index contributed by atoms with van der Waals surface area (Å²) in [6, 6.07) is 3.88. The van der Waals surface area contributed by atoms with E-state index in [0.29, 0.717) is 21.9 Å². The summed E-state index contributed by atoms with van der Waals surface area (Å²) in [7, 11) is 4.12. The molecular formula is C15H22Cl2N4. The zero-order chi connectivity index (χ0) is 15.7. The van der Waals surface area contributed by atoms with Gasteiger partial charge in [0.05, 0.1) is 27.1 Å². The number of fused-ring (bicyclic) bond motifs is 1. The van der Waals surface area contributed by atoms with Crippen molar-refractivity contribution >= 4 is 40.2 Å². The number of likely N-dealkylation sites (N-methyl/N-ethyl adjacent to an activating group) is 1. The second kappa shape index (κ2) is 6.42. The van der Waals surface area contributed by atoms with Crippen molar-refractivity contribution < 1.29 is 0 Å². The molecule has 0 saturated carbocycles. The molecule has 0 bridgehead atoms. The van der Waals surface area contributed by atoms with E-state index in [4.69, 9.17) is 28.9 Å². The van der Waals surface area contributed by atoms with Crippen molar-refractivity contribution in [2.24, 2.45) is 5.92 Å². The first-order chi connectivity index (χ1) is 9.79. The quantitative estimate of drug-likeness (QED) is 0.899. The first kappa shape index (κ1) is 16.4. The van der Waals surface area contributed by atoms with Crippen molar-refractivity contribution in [3.05, 3.63) is 22.2 Å². The van der Waals surface area contributed by atoms with Gasteiger partial charge in [-0.1, -0.05) is 37.0 Å². The normalized spacial score (nSPS) is 13.5. The van der Waals surface area contributed by atoms with Crippen LogP contribution in [0.5, 0.6) is 0 Å². The van der Waals surface area contributed by atoms with E-state index in [9.17, 15) is 0 Å². The van der Waals surface area contributed by atoms with Crippen molar-refractivity contribution in [1.82, 2.24) is 14.5 Å². The zero-order valence-electron chi connectivity index (χ0n) is 12.9. The van der Waals surface area contributed by atoms with Crippen LogP contribution >= 0.6 is 23.2 Å². The smallest absolute Gasteiger partial charge is 0.201 e. The van der Waals surface area contributed by atoms with Crippen LogP contribution < -0.4 is 5.73 Å². The predicted octanol–water partition coefficient (Wildman–Crippen LogP) is 4.07. The van der Waals surface area contributed by atoms with Gasteiger partial charge in [-0.2, -0.15) is 0 Å². The highest BCUT2D eigenvalue weighted by molar-refractivity contribution is 6.42. The molecule has 1 aromatic carbocycles. The Balaban J connectivity index is 2.55. The van der Waals surface area contributed by atoms with Crippen molar-refractivity contribution in [3.8, 4) is 0 Å². The standard InChI is InChI=1S/C15H22Cl2N4/c1-9(2)5-10(8-20(3)4)21-14-7-12(17)11(16)6-13(14)19-15(21)18/h6-7,9-10H,5,8H2,1-4H3,(H2,18,19). The number of aromatic nitrogens is 2. The van der Waals surface area contributed by atoms with Crippen molar-refractivity contribution in [1.29, 1.82) is 0 Å². The van der Waals surface area contributed by atoms with Gasteiger partial charge in [-0.25, -0.2) is 4.98 Å². The van der Waals surface area contributed by atoms with Gasteiger partial charge < -0.3 is 15.2 Å². The van der Waals surface area contributed by atoms with Crippen LogP contribution in [-0.2, 0) is 0 Å². The van der Waals surface area contributed by atoms with E-state index < -0.39 is 0 Å². The number of hydrogen-bond acceptors (Lipinski definition) is 3. The maximum atomic E-state index is 6.16. The molecule has 0 aliphatic carbocycles. The minimum atomic E-state index is 0.252. The van der Waals surface area contributed by atoms with Crippen molar-refractivity contribution in [2.75, 3.05) is 26.4 Å². The third-order valence-corrected chi connectivity index (χ3v) is 4.17. The van der Waals surface area contributed by atoms with Gasteiger partial charge in [0.1, 0.15) is 0 Å². The molecule has 0 spiro atoms. The van der Waals surface area contributed by atoms with Gasteiger partial charge in [0, 0.05) is 6.54 Å². The molecule has 1 heterocycles. The molecule has 1 unspecified atom stereocenters. The summed E-state index contributed by atoms with van der Waals surface area (Å²) in [6.45, 7) is 5.32. The summed E-state index contributed by atoms with van der Waals surface area (Å²) in [6.07, 6.45) is 1.02. The number of rotatable bonds is 5. The van der Waals surface area contributed by atoms with Crippen LogP contribution in [0.15, 0.2) is 12.1 Å². The van der Waals surface area contributed by atoms with E-state index >= 15 is 0 Å². The molecule has 2 aromatic rings. The summed E-state index contributed by atoms with van der Waals surface area (Å²) in [4.78, 5) is 6.59. The Bertz CT molecular complexity index is 624. The minimum absolute atomic E-state index is 0.252. The van der Waals surface area contributed by atoms with Gasteiger partial charge in [-0.05, 0) is 38.6 Å². The SMILES string of the molecule is CC(C)CC(CN(C)C)n1c(N)nc2cc(Cl)c(Cl)cc21. The molecule has 21 heavy (non-hydrogen) atoms. The number of anilines is 1. The molecule has 0 radical (unpaired) electrons. The minimum Gasteiger partial charge on any atom is -0.369 e. The predicted molar refractivity (Wildman–Crippen MR) is 91.2 cm³/mol. The fourth-order valence-corrected chi connectivity index (χ4v) is 3.04. The van der Waals surface area contributed by atoms with E-state index in [1.165, 1.54) is 0 Å². The molecule has 6 heteroatoms. The lowest BCUT2D eigenvalue weighted by atomic mass is 10.0. The van der Waals surface area contributed by atoms with Crippen molar-refractivity contribution in [2.45, 2.75) is 26.3 Å². The number of nitrogens with two attached hydrogens (primary N) is 1. The number of nitrogens with zero attached hydrogens (tertiary/aromatic N) is 3. The highest BCUT2D eigenvalue weighted by atomic mass is 35.5. The lowest BCUT2D eigenvalue weighted by Gasteiger charge is -2.25. The second-order valence-corrected chi connectivity index (χ2v) is 6.96. The largest absolute Gasteiger partial charge is 0.369 e. The maximum absolute atomic E-state index is 6.16. The van der Waals surface area contributed by atoms with Crippen LogP contribution in [0, 0.1) is 5.92 Å². The number of halogens is 2. The molecule has 2 rings (SSSR count). The molecule has 0 aliphatic heterocycles. The van der Waals surface area contributed by atoms with E-state index in [1.807, 2.05) is 6.07 Å². The molecular weight excluding hydrogens is 307 g/mol. The van der Waals surface area contributed by atoms with E-state index in [0.717, 1.165) is 24.0 Å². The molecule has 116 valence electrons. The van der Waals surface area contributed by atoms with E-state index in [-0.39, 0.29) is 6.04 Å². The molecule has 0 aliphatic rings. The number of nitrogen functional groups attached to an aromatic ring is 1. The number of benzene rings is 1. The average molecular weight is 329 g/mol. The van der Waals surface area contributed by atoms with Crippen LogP contribution in [0.4, 0.5) is 5.95 Å². The highest BCUT2D eigenvalue weighted by Gasteiger charge is 2.20. The molecule has 0 amide bonds. The highest BCUT2D eigenvalue weighted by Crippen LogP contribution is 2.32. The van der Waals surface area contributed by atoms with Crippen LogP contribution in [0.1, 0.15) is 26.3 Å². The Morgan fingerprint density at radius 3 is 2.43 bits per heavy atom. The fraction of sp³-hybridized carbons (Fsp3) is 0.533. The van der Waals surface area contributed by atoms with Crippen LogP contribution in [0.25, 0.3) is 11.0 Å². The Morgan fingerprint density at radius 2 is 1.86 bits per heavy atom. The average Bonchev–Trinajstić information content (AvgIpc) is 2.63. The summed E-state index contributed by atoms with van der Waals surface area (Å²) in [5.74, 6) is 1.07. The molecule has 0 saturated heterocycles. The molecule has 4 nitrogen and oxygen atoms in total. The summed E-state index contributed by atoms with van der Waals surface area (Å²) < 4.78 is 2.08. The lowest BCUT2D eigenvalue weighted by molar-refractivity contribution is 0.294. The molecule has 2 N–H and O–H groups in total. The van der Waals surface area contributed by atoms with Crippen LogP contribution in [0.3, 0.4) is 0 Å². The Kier molecular flexibility index (Phi) is 5.02. The van der Waals surface area contributed by atoms with Crippen LogP contribution in [0.2, 0.25) is 10.0 Å². The maximum Gasteiger partial charge on any atom is 0.201 e. The first-order valence-corrected chi connectivity index (χ1v) is 7.82. The van der Waals surface area contributed by atoms with Crippen molar-refractivity contribution in [3.63, 3.8) is 0 Å². The molecule has 0 fully saturated rings. The third kappa shape index (κ3) is 3.62. The Morgan fingerprint density at radius 1 is 1.24 bits per heavy atom. The van der Waals surface area contributed by atoms with Gasteiger partial charge in [0.15, 0.2) is 0 Å². The fourth-order valence-electron chi connectivity index (χ4n) is 2.72. The second-order valence-electron chi connectivity index (χ2n) is 6.14. The summed E-state index contributed by atoms with van der Waals surface area (Å²) in [5.41, 5.74) is 7.88. The Labute approximate surface area is 135 Å². The first-order valence-electron chi connectivity index (χ1n) is 7.06. The van der Waals surface area contributed by atoms with Gasteiger partial charge in [-0.3, -0.25) is 0 Å². The topological polar surface area (TPSA) is 47.1 Å². The van der Waals surface area contributed by atoms with Gasteiger partial charge in [0.2, 0.25) is 5.95 Å². The monoisotopic (exact) mass is 328 g/mol. The van der Waals surface area contributed by atoms with E-state index in [2.05, 4.69) is 42.4 Å². The van der Waals surface area contributed by atoms with Gasteiger partial charge in [-0.15, -0.1) is 0 Å². The Hall–Kier alpha value is -0.970. The zero-order valence-corrected chi connectivity index (χ0v) is 14.4. The van der Waals surface area contributed by atoms with E-state index in [1.54, 1.807) is 6.07 Å². The number of hydrogen-bond donors (Lipinski definition) is 1. The third-order valence-electron chi connectivity index (χ3n) is 3.44. The lowest BCUT2D eigenvalue weighted by Crippen LogP contribution is -2.26.